The minimum atomic E-state index is -0.139. The van der Waals surface area contributed by atoms with Crippen LogP contribution in [-0.4, -0.2) is 50.4 Å². The van der Waals surface area contributed by atoms with E-state index in [-0.39, 0.29) is 24.2 Å². The quantitative estimate of drug-likeness (QED) is 0.802. The normalized spacial score (nSPS) is 9.67. The van der Waals surface area contributed by atoms with Gasteiger partial charge in [0.25, 0.3) is 11.8 Å². The summed E-state index contributed by atoms with van der Waals surface area (Å²) in [5.74, 6) is -0.218. The van der Waals surface area contributed by atoms with Crippen LogP contribution in [0.4, 0.5) is 0 Å². The van der Waals surface area contributed by atoms with Crippen molar-refractivity contribution >= 4 is 24.2 Å². The highest BCUT2D eigenvalue weighted by Gasteiger charge is 2.13. The first-order chi connectivity index (χ1) is 9.60. The molecule has 0 aliphatic carbocycles. The number of nitrogens with zero attached hydrogens (tertiary/aromatic N) is 1. The molecule has 2 amide bonds. The van der Waals surface area contributed by atoms with Crippen molar-refractivity contribution in [2.24, 2.45) is 0 Å². The molecule has 0 atom stereocenters. The fraction of sp³-hybridized carbons (Fsp3) is 0.467. The van der Waals surface area contributed by atoms with Gasteiger partial charge >= 0.3 is 0 Å². The molecule has 0 saturated heterocycles. The predicted octanol–water partition coefficient (Wildman–Crippen LogP) is 1.54. The number of hydrogen-bond donors (Lipinski definition) is 2. The van der Waals surface area contributed by atoms with Crippen LogP contribution in [0.3, 0.4) is 0 Å². The van der Waals surface area contributed by atoms with Crippen molar-refractivity contribution in [3.8, 4) is 0 Å². The van der Waals surface area contributed by atoms with Gasteiger partial charge in [0, 0.05) is 37.8 Å². The summed E-state index contributed by atoms with van der Waals surface area (Å²) in [5.41, 5.74) is 1.05. The number of amides is 2. The highest BCUT2D eigenvalue weighted by Crippen LogP contribution is 2.08. The van der Waals surface area contributed by atoms with Crippen molar-refractivity contribution in [2.75, 3.05) is 33.7 Å². The van der Waals surface area contributed by atoms with E-state index in [9.17, 15) is 9.59 Å². The molecule has 1 aromatic carbocycles. The summed E-state index contributed by atoms with van der Waals surface area (Å²) < 4.78 is 0. The van der Waals surface area contributed by atoms with Crippen LogP contribution in [0.5, 0.6) is 0 Å². The van der Waals surface area contributed by atoms with E-state index in [1.165, 1.54) is 0 Å². The standard InChI is InChI=1S/C15H23N3O2.ClH/c1-4-8-17-14(19)12-6-5-7-13(11-12)15(20)18(3)10-9-16-2;/h5-7,11,16H,4,8-10H2,1-3H3,(H,17,19);1H. The van der Waals surface area contributed by atoms with Crippen LogP contribution < -0.4 is 10.6 Å². The predicted molar refractivity (Wildman–Crippen MR) is 87.2 cm³/mol. The number of halogens is 1. The molecule has 0 fully saturated rings. The third-order valence-electron chi connectivity index (χ3n) is 2.95. The Bertz CT molecular complexity index is 466. The Hall–Kier alpha value is -1.59. The van der Waals surface area contributed by atoms with Crippen molar-refractivity contribution in [3.05, 3.63) is 35.4 Å². The van der Waals surface area contributed by atoms with Gasteiger partial charge in [-0.1, -0.05) is 13.0 Å². The maximum atomic E-state index is 12.2. The summed E-state index contributed by atoms with van der Waals surface area (Å²) in [7, 11) is 3.60. The Balaban J connectivity index is 0.00000400. The monoisotopic (exact) mass is 313 g/mol. The summed E-state index contributed by atoms with van der Waals surface area (Å²) in [6.07, 6.45) is 0.886. The zero-order valence-corrected chi connectivity index (χ0v) is 13.6. The molecule has 1 aromatic rings. The van der Waals surface area contributed by atoms with Crippen LogP contribution in [0.2, 0.25) is 0 Å². The minimum absolute atomic E-state index is 0. The zero-order chi connectivity index (χ0) is 15.0. The lowest BCUT2D eigenvalue weighted by Gasteiger charge is -2.17. The highest BCUT2D eigenvalue weighted by atomic mass is 35.5. The number of carbonyl (C=O) groups excluding carboxylic acids is 2. The van der Waals surface area contributed by atoms with E-state index >= 15 is 0 Å². The molecule has 0 saturated carbocycles. The van der Waals surface area contributed by atoms with Gasteiger partial charge in [-0.2, -0.15) is 0 Å². The molecule has 0 aliphatic rings. The van der Waals surface area contributed by atoms with Gasteiger partial charge in [0.05, 0.1) is 0 Å². The van der Waals surface area contributed by atoms with Crippen LogP contribution >= 0.6 is 12.4 Å². The zero-order valence-electron chi connectivity index (χ0n) is 12.8. The van der Waals surface area contributed by atoms with E-state index in [4.69, 9.17) is 0 Å². The second-order valence-electron chi connectivity index (χ2n) is 4.67. The van der Waals surface area contributed by atoms with Crippen LogP contribution in [-0.2, 0) is 0 Å². The van der Waals surface area contributed by atoms with Gasteiger partial charge in [-0.3, -0.25) is 9.59 Å². The SMILES string of the molecule is CCCNC(=O)c1cccc(C(=O)N(C)CCNC)c1.Cl. The lowest BCUT2D eigenvalue weighted by Crippen LogP contribution is -2.33. The first-order valence-corrected chi connectivity index (χ1v) is 6.88. The molecule has 2 N–H and O–H groups in total. The van der Waals surface area contributed by atoms with Crippen molar-refractivity contribution in [2.45, 2.75) is 13.3 Å². The number of nitrogens with one attached hydrogen (secondary N) is 2. The van der Waals surface area contributed by atoms with E-state index in [1.54, 1.807) is 36.2 Å². The Kier molecular flexibility index (Phi) is 9.41. The summed E-state index contributed by atoms with van der Waals surface area (Å²) >= 11 is 0. The summed E-state index contributed by atoms with van der Waals surface area (Å²) in [6.45, 7) is 4.00. The molecule has 6 heteroatoms. The van der Waals surface area contributed by atoms with E-state index in [1.807, 2.05) is 14.0 Å². The molecular formula is C15H24ClN3O2. The van der Waals surface area contributed by atoms with Gasteiger partial charge in [0.2, 0.25) is 0 Å². The van der Waals surface area contributed by atoms with Gasteiger partial charge < -0.3 is 15.5 Å². The maximum Gasteiger partial charge on any atom is 0.253 e. The average molecular weight is 314 g/mol. The first kappa shape index (κ1) is 19.4. The molecule has 0 bridgehead atoms. The molecule has 5 nitrogen and oxygen atoms in total. The molecule has 21 heavy (non-hydrogen) atoms. The Morgan fingerprint density at radius 3 is 2.48 bits per heavy atom. The largest absolute Gasteiger partial charge is 0.352 e. The molecule has 1 rings (SSSR count). The highest BCUT2D eigenvalue weighted by molar-refractivity contribution is 5.99. The first-order valence-electron chi connectivity index (χ1n) is 6.88. The number of benzene rings is 1. The lowest BCUT2D eigenvalue weighted by atomic mass is 10.1. The second-order valence-corrected chi connectivity index (χ2v) is 4.67. The van der Waals surface area contributed by atoms with Crippen molar-refractivity contribution in [1.82, 2.24) is 15.5 Å². The van der Waals surface area contributed by atoms with E-state index in [0.29, 0.717) is 24.2 Å². The van der Waals surface area contributed by atoms with Crippen LogP contribution in [0, 0.1) is 0 Å². The Labute approximate surface area is 132 Å². The minimum Gasteiger partial charge on any atom is -0.352 e. The smallest absolute Gasteiger partial charge is 0.253 e. The average Bonchev–Trinajstić information content (AvgIpc) is 2.49. The third kappa shape index (κ3) is 6.14. The molecule has 0 radical (unpaired) electrons. The molecule has 0 unspecified atom stereocenters. The van der Waals surface area contributed by atoms with E-state index < -0.39 is 0 Å². The maximum absolute atomic E-state index is 12.2. The van der Waals surface area contributed by atoms with E-state index in [2.05, 4.69) is 10.6 Å². The van der Waals surface area contributed by atoms with Gasteiger partial charge in [-0.15, -0.1) is 12.4 Å². The van der Waals surface area contributed by atoms with Gasteiger partial charge in [-0.25, -0.2) is 0 Å². The van der Waals surface area contributed by atoms with Crippen LogP contribution in [0.15, 0.2) is 24.3 Å². The van der Waals surface area contributed by atoms with E-state index in [0.717, 1.165) is 13.0 Å². The number of likely N-dealkylation sites (N-methyl/N-ethyl adjacent to an activating group) is 2. The number of rotatable bonds is 7. The fourth-order valence-corrected chi connectivity index (χ4v) is 1.74. The lowest BCUT2D eigenvalue weighted by molar-refractivity contribution is 0.0797. The third-order valence-corrected chi connectivity index (χ3v) is 2.95. The molecule has 0 aliphatic heterocycles. The van der Waals surface area contributed by atoms with Crippen molar-refractivity contribution in [3.63, 3.8) is 0 Å². The van der Waals surface area contributed by atoms with Gasteiger partial charge in [-0.05, 0) is 31.7 Å². The molecular weight excluding hydrogens is 290 g/mol. The van der Waals surface area contributed by atoms with Gasteiger partial charge in [0.15, 0.2) is 0 Å². The number of carbonyl (C=O) groups is 2. The Morgan fingerprint density at radius 2 is 1.86 bits per heavy atom. The van der Waals surface area contributed by atoms with Gasteiger partial charge in [0.1, 0.15) is 0 Å². The molecule has 0 heterocycles. The Morgan fingerprint density at radius 1 is 1.19 bits per heavy atom. The molecule has 118 valence electrons. The molecule has 0 aromatic heterocycles. The molecule has 0 spiro atoms. The van der Waals surface area contributed by atoms with Crippen LogP contribution in [0.1, 0.15) is 34.1 Å². The second kappa shape index (κ2) is 10.2. The van der Waals surface area contributed by atoms with Crippen LogP contribution in [0.25, 0.3) is 0 Å². The number of hydrogen-bond acceptors (Lipinski definition) is 3. The summed E-state index contributed by atoms with van der Waals surface area (Å²) in [4.78, 5) is 25.7. The summed E-state index contributed by atoms with van der Waals surface area (Å²) in [6, 6.07) is 6.83. The summed E-state index contributed by atoms with van der Waals surface area (Å²) in [5, 5.41) is 5.80. The fourth-order valence-electron chi connectivity index (χ4n) is 1.74. The van der Waals surface area contributed by atoms with Crippen molar-refractivity contribution < 1.29 is 9.59 Å². The van der Waals surface area contributed by atoms with Crippen molar-refractivity contribution in [1.29, 1.82) is 0 Å². The topological polar surface area (TPSA) is 61.4 Å².